The topological polar surface area (TPSA) is 78.6 Å². The highest BCUT2D eigenvalue weighted by atomic mass is 16.5. The van der Waals surface area contributed by atoms with Crippen LogP contribution < -0.4 is 10.5 Å². The summed E-state index contributed by atoms with van der Waals surface area (Å²) in [5.41, 5.74) is 6.77. The van der Waals surface area contributed by atoms with Gasteiger partial charge in [-0.25, -0.2) is 4.79 Å². The summed E-state index contributed by atoms with van der Waals surface area (Å²) in [6, 6.07) is 14.3. The van der Waals surface area contributed by atoms with Crippen LogP contribution in [0, 0.1) is 0 Å². The van der Waals surface area contributed by atoms with Gasteiger partial charge in [-0.3, -0.25) is 4.79 Å². The molecule has 0 aliphatic rings. The molecule has 2 N–H and O–H groups in total. The summed E-state index contributed by atoms with van der Waals surface area (Å²) in [5, 5.41) is 0. The normalized spacial score (nSPS) is 9.95. The number of esters is 1. The van der Waals surface area contributed by atoms with Gasteiger partial charge in [-0.15, -0.1) is 0 Å². The lowest BCUT2D eigenvalue weighted by molar-refractivity contribution is -0.121. The summed E-state index contributed by atoms with van der Waals surface area (Å²) < 4.78 is 10.2. The third kappa shape index (κ3) is 3.39. The van der Waals surface area contributed by atoms with E-state index in [0.29, 0.717) is 16.9 Å². The van der Waals surface area contributed by atoms with Crippen molar-refractivity contribution in [3.63, 3.8) is 0 Å². The lowest BCUT2D eigenvalue weighted by Crippen LogP contribution is -2.21. The summed E-state index contributed by atoms with van der Waals surface area (Å²) in [6.45, 7) is -0.445. The minimum Gasteiger partial charge on any atom is -0.496 e. The molecule has 0 aliphatic carbocycles. The molecule has 0 saturated carbocycles. The van der Waals surface area contributed by atoms with E-state index < -0.39 is 18.5 Å². The maximum atomic E-state index is 12.1. The van der Waals surface area contributed by atoms with E-state index >= 15 is 0 Å². The first-order valence-electron chi connectivity index (χ1n) is 6.31. The average Bonchev–Trinajstić information content (AvgIpc) is 2.52. The first-order chi connectivity index (χ1) is 10.1. The zero-order chi connectivity index (χ0) is 15.2. The Balaban J connectivity index is 2.41. The molecular formula is C16H15NO4. The van der Waals surface area contributed by atoms with Gasteiger partial charge in [-0.2, -0.15) is 0 Å². The molecule has 21 heavy (non-hydrogen) atoms. The van der Waals surface area contributed by atoms with Crippen LogP contribution in [0.15, 0.2) is 48.5 Å². The van der Waals surface area contributed by atoms with E-state index in [1.807, 2.05) is 24.3 Å². The second kappa shape index (κ2) is 6.56. The largest absolute Gasteiger partial charge is 0.496 e. The van der Waals surface area contributed by atoms with Gasteiger partial charge >= 0.3 is 5.97 Å². The number of rotatable bonds is 5. The predicted octanol–water partition coefficient (Wildman–Crippen LogP) is 2.00. The monoisotopic (exact) mass is 285 g/mol. The third-order valence-corrected chi connectivity index (χ3v) is 2.89. The summed E-state index contributed by atoms with van der Waals surface area (Å²) in [7, 11) is 1.56. The van der Waals surface area contributed by atoms with E-state index in [4.69, 9.17) is 15.2 Å². The second-order valence-corrected chi connectivity index (χ2v) is 4.29. The Morgan fingerprint density at radius 1 is 1.00 bits per heavy atom. The molecule has 0 radical (unpaired) electrons. The number of ether oxygens (including phenoxy) is 2. The zero-order valence-corrected chi connectivity index (χ0v) is 11.5. The van der Waals surface area contributed by atoms with Crippen molar-refractivity contribution in [2.75, 3.05) is 13.7 Å². The lowest BCUT2D eigenvalue weighted by Gasteiger charge is -2.12. The molecular weight excluding hydrogens is 270 g/mol. The summed E-state index contributed by atoms with van der Waals surface area (Å²) in [4.78, 5) is 22.8. The number of methoxy groups -OCH3 is 1. The number of hydrogen-bond donors (Lipinski definition) is 1. The van der Waals surface area contributed by atoms with Crippen molar-refractivity contribution in [3.05, 3.63) is 54.1 Å². The van der Waals surface area contributed by atoms with Crippen LogP contribution in [0.5, 0.6) is 5.75 Å². The molecule has 108 valence electrons. The van der Waals surface area contributed by atoms with Crippen LogP contribution in [0.3, 0.4) is 0 Å². The lowest BCUT2D eigenvalue weighted by atomic mass is 9.99. The summed E-state index contributed by atoms with van der Waals surface area (Å²) in [6.07, 6.45) is 0. The van der Waals surface area contributed by atoms with Crippen LogP contribution >= 0.6 is 0 Å². The van der Waals surface area contributed by atoms with E-state index in [1.54, 1.807) is 31.4 Å². The summed E-state index contributed by atoms with van der Waals surface area (Å²) in [5.74, 6) is -0.652. The van der Waals surface area contributed by atoms with E-state index in [-0.39, 0.29) is 0 Å². The Morgan fingerprint density at radius 3 is 2.29 bits per heavy atom. The van der Waals surface area contributed by atoms with Gasteiger partial charge in [0.1, 0.15) is 5.75 Å². The number of carbonyl (C=O) groups excluding carboxylic acids is 2. The highest BCUT2D eigenvalue weighted by molar-refractivity contribution is 5.98. The Bertz CT molecular complexity index is 667. The van der Waals surface area contributed by atoms with Gasteiger partial charge in [0.15, 0.2) is 6.61 Å². The van der Waals surface area contributed by atoms with Crippen molar-refractivity contribution in [2.45, 2.75) is 0 Å². The number of amides is 1. The highest BCUT2D eigenvalue weighted by Crippen LogP contribution is 2.32. The number of para-hydroxylation sites is 1. The van der Waals surface area contributed by atoms with Gasteiger partial charge in [0.05, 0.1) is 12.7 Å². The maximum Gasteiger partial charge on any atom is 0.339 e. The minimum atomic E-state index is -0.696. The predicted molar refractivity (Wildman–Crippen MR) is 77.9 cm³/mol. The van der Waals surface area contributed by atoms with Crippen molar-refractivity contribution >= 4 is 11.9 Å². The van der Waals surface area contributed by atoms with Crippen LogP contribution in [0.25, 0.3) is 11.1 Å². The molecule has 2 aromatic rings. The number of carbonyl (C=O) groups is 2. The van der Waals surface area contributed by atoms with Crippen molar-refractivity contribution in [2.24, 2.45) is 5.73 Å². The van der Waals surface area contributed by atoms with Crippen molar-refractivity contribution in [1.29, 1.82) is 0 Å². The molecule has 5 heteroatoms. The Hall–Kier alpha value is -2.82. The quantitative estimate of drug-likeness (QED) is 0.852. The van der Waals surface area contributed by atoms with Crippen LogP contribution in [-0.4, -0.2) is 25.6 Å². The molecule has 0 heterocycles. The van der Waals surface area contributed by atoms with Gasteiger partial charge in [0.25, 0.3) is 5.91 Å². The van der Waals surface area contributed by atoms with Crippen LogP contribution in [0.1, 0.15) is 10.4 Å². The number of hydrogen-bond acceptors (Lipinski definition) is 4. The maximum absolute atomic E-state index is 12.1. The molecule has 0 saturated heterocycles. The second-order valence-electron chi connectivity index (χ2n) is 4.29. The van der Waals surface area contributed by atoms with Crippen LogP contribution in [0.2, 0.25) is 0 Å². The van der Waals surface area contributed by atoms with Crippen molar-refractivity contribution in [1.82, 2.24) is 0 Å². The van der Waals surface area contributed by atoms with Gasteiger partial charge in [0.2, 0.25) is 0 Å². The molecule has 2 aromatic carbocycles. The molecule has 2 rings (SSSR count). The van der Waals surface area contributed by atoms with Crippen LogP contribution in [-0.2, 0) is 9.53 Å². The van der Waals surface area contributed by atoms with Crippen molar-refractivity contribution < 1.29 is 19.1 Å². The summed E-state index contributed by atoms with van der Waals surface area (Å²) >= 11 is 0. The molecule has 0 spiro atoms. The molecule has 0 aliphatic heterocycles. The Kier molecular flexibility index (Phi) is 4.56. The number of primary amides is 1. The fraction of sp³-hybridized carbons (Fsp3) is 0.125. The number of nitrogens with two attached hydrogens (primary N) is 1. The standard InChI is InChI=1S/C16H15NO4/c1-20-14-9-5-4-7-12(14)11-6-2-3-8-13(11)16(19)21-10-15(17)18/h2-9H,10H2,1H3,(H2,17,18). The molecule has 0 fully saturated rings. The molecule has 0 atom stereocenters. The van der Waals surface area contributed by atoms with Gasteiger partial charge in [-0.1, -0.05) is 36.4 Å². The average molecular weight is 285 g/mol. The van der Waals surface area contributed by atoms with Gasteiger partial charge in [-0.05, 0) is 17.7 Å². The van der Waals surface area contributed by atoms with E-state index in [0.717, 1.165) is 5.56 Å². The van der Waals surface area contributed by atoms with E-state index in [1.165, 1.54) is 0 Å². The Morgan fingerprint density at radius 2 is 1.62 bits per heavy atom. The SMILES string of the molecule is COc1ccccc1-c1ccccc1C(=O)OCC(N)=O. The van der Waals surface area contributed by atoms with Crippen LogP contribution in [0.4, 0.5) is 0 Å². The van der Waals surface area contributed by atoms with E-state index in [2.05, 4.69) is 0 Å². The highest BCUT2D eigenvalue weighted by Gasteiger charge is 2.16. The van der Waals surface area contributed by atoms with Crippen molar-refractivity contribution in [3.8, 4) is 16.9 Å². The van der Waals surface area contributed by atoms with Gasteiger partial charge in [0, 0.05) is 5.56 Å². The molecule has 0 unspecified atom stereocenters. The zero-order valence-electron chi connectivity index (χ0n) is 11.5. The molecule has 5 nitrogen and oxygen atoms in total. The number of benzene rings is 2. The first-order valence-corrected chi connectivity index (χ1v) is 6.31. The first kappa shape index (κ1) is 14.6. The van der Waals surface area contributed by atoms with Gasteiger partial charge < -0.3 is 15.2 Å². The Labute approximate surface area is 122 Å². The minimum absolute atomic E-state index is 0.350. The fourth-order valence-electron chi connectivity index (χ4n) is 1.98. The third-order valence-electron chi connectivity index (χ3n) is 2.89. The van der Waals surface area contributed by atoms with E-state index in [9.17, 15) is 9.59 Å². The molecule has 1 amide bonds. The fourth-order valence-corrected chi connectivity index (χ4v) is 1.98. The smallest absolute Gasteiger partial charge is 0.339 e. The molecule has 0 aromatic heterocycles. The molecule has 0 bridgehead atoms.